The monoisotopic (exact) mass is 261 g/mol. The maximum Gasteiger partial charge on any atom is 0.251 e. The van der Waals surface area contributed by atoms with Crippen LogP contribution in [0.3, 0.4) is 0 Å². The Kier molecular flexibility index (Phi) is 4.43. The number of carbonyl (C=O) groups excluding carboxylic acids is 1. The molecule has 1 saturated heterocycles. The summed E-state index contributed by atoms with van der Waals surface area (Å²) in [5.74, 6) is -0.0351. The lowest BCUT2D eigenvalue weighted by Gasteiger charge is -2.31. The minimum atomic E-state index is -0.0351. The van der Waals surface area contributed by atoms with E-state index < -0.39 is 0 Å². The van der Waals surface area contributed by atoms with Crippen LogP contribution in [-0.4, -0.2) is 44.0 Å². The van der Waals surface area contributed by atoms with Gasteiger partial charge in [-0.2, -0.15) is 0 Å². The van der Waals surface area contributed by atoms with Gasteiger partial charge in [-0.1, -0.05) is 0 Å². The van der Waals surface area contributed by atoms with Crippen LogP contribution in [0.2, 0.25) is 0 Å². The molecule has 1 aliphatic rings. The largest absolute Gasteiger partial charge is 0.381 e. The molecule has 1 fully saturated rings. The SMILES string of the molecule is CNC(=O)c1ccc(NC2CCCN(C)C2)c(C)c1. The second-order valence-electron chi connectivity index (χ2n) is 5.35. The van der Waals surface area contributed by atoms with E-state index in [4.69, 9.17) is 0 Å². The third-order valence-corrected chi connectivity index (χ3v) is 3.70. The van der Waals surface area contributed by atoms with E-state index in [-0.39, 0.29) is 5.91 Å². The Morgan fingerprint density at radius 3 is 2.84 bits per heavy atom. The summed E-state index contributed by atoms with van der Waals surface area (Å²) < 4.78 is 0. The molecule has 1 amide bonds. The van der Waals surface area contributed by atoms with Gasteiger partial charge in [0.05, 0.1) is 0 Å². The molecule has 4 heteroatoms. The van der Waals surface area contributed by atoms with Crippen molar-refractivity contribution in [2.75, 3.05) is 32.5 Å². The Balaban J connectivity index is 2.06. The minimum absolute atomic E-state index is 0.0351. The number of nitrogens with one attached hydrogen (secondary N) is 2. The summed E-state index contributed by atoms with van der Waals surface area (Å²) in [4.78, 5) is 13.9. The van der Waals surface area contributed by atoms with Crippen LogP contribution in [0.5, 0.6) is 0 Å². The number of anilines is 1. The topological polar surface area (TPSA) is 44.4 Å². The van der Waals surface area contributed by atoms with Crippen LogP contribution in [0.1, 0.15) is 28.8 Å². The zero-order valence-electron chi connectivity index (χ0n) is 12.0. The molecule has 0 radical (unpaired) electrons. The lowest BCUT2D eigenvalue weighted by molar-refractivity contribution is 0.0963. The van der Waals surface area contributed by atoms with Gasteiger partial charge in [0.2, 0.25) is 0 Å². The molecule has 0 saturated carbocycles. The molecule has 19 heavy (non-hydrogen) atoms. The molecule has 1 unspecified atom stereocenters. The molecule has 0 spiro atoms. The molecule has 1 aromatic rings. The molecule has 0 aliphatic carbocycles. The summed E-state index contributed by atoms with van der Waals surface area (Å²) in [6, 6.07) is 6.33. The van der Waals surface area contributed by atoms with Gasteiger partial charge >= 0.3 is 0 Å². The Hall–Kier alpha value is -1.55. The van der Waals surface area contributed by atoms with E-state index in [0.29, 0.717) is 11.6 Å². The third kappa shape index (κ3) is 3.47. The average Bonchev–Trinajstić information content (AvgIpc) is 2.40. The molecule has 0 aromatic heterocycles. The molecule has 4 nitrogen and oxygen atoms in total. The number of aryl methyl sites for hydroxylation is 1. The number of piperidine rings is 1. The fourth-order valence-corrected chi connectivity index (χ4v) is 2.62. The molecule has 0 bridgehead atoms. The van der Waals surface area contributed by atoms with Crippen molar-refractivity contribution < 1.29 is 4.79 Å². The van der Waals surface area contributed by atoms with Crippen LogP contribution in [0.15, 0.2) is 18.2 Å². The molecule has 1 aliphatic heterocycles. The Bertz CT molecular complexity index is 459. The van der Waals surface area contributed by atoms with Crippen molar-refractivity contribution in [2.45, 2.75) is 25.8 Å². The van der Waals surface area contributed by atoms with Crippen molar-refractivity contribution in [3.63, 3.8) is 0 Å². The van der Waals surface area contributed by atoms with Crippen LogP contribution < -0.4 is 10.6 Å². The first-order valence-electron chi connectivity index (χ1n) is 6.88. The number of hydrogen-bond acceptors (Lipinski definition) is 3. The van der Waals surface area contributed by atoms with Gasteiger partial charge in [-0.05, 0) is 57.1 Å². The minimum Gasteiger partial charge on any atom is -0.381 e. The molecule has 104 valence electrons. The average molecular weight is 261 g/mol. The van der Waals surface area contributed by atoms with Crippen molar-refractivity contribution >= 4 is 11.6 Å². The number of rotatable bonds is 3. The van der Waals surface area contributed by atoms with E-state index >= 15 is 0 Å². The number of hydrogen-bond donors (Lipinski definition) is 2. The molecule has 2 rings (SSSR count). The summed E-state index contributed by atoms with van der Waals surface area (Å²) in [5.41, 5.74) is 2.97. The van der Waals surface area contributed by atoms with E-state index in [2.05, 4.69) is 22.6 Å². The lowest BCUT2D eigenvalue weighted by Crippen LogP contribution is -2.39. The molecular weight excluding hydrogens is 238 g/mol. The summed E-state index contributed by atoms with van der Waals surface area (Å²) >= 11 is 0. The van der Waals surface area contributed by atoms with Gasteiger partial charge < -0.3 is 15.5 Å². The van der Waals surface area contributed by atoms with Crippen LogP contribution in [-0.2, 0) is 0 Å². The first kappa shape index (κ1) is 13.9. The van der Waals surface area contributed by atoms with E-state index in [0.717, 1.165) is 17.8 Å². The maximum atomic E-state index is 11.6. The first-order valence-corrected chi connectivity index (χ1v) is 6.88. The van der Waals surface area contributed by atoms with Gasteiger partial charge in [0.15, 0.2) is 0 Å². The number of benzene rings is 1. The number of likely N-dealkylation sites (tertiary alicyclic amines) is 1. The maximum absolute atomic E-state index is 11.6. The predicted molar refractivity (Wildman–Crippen MR) is 78.7 cm³/mol. The Morgan fingerprint density at radius 2 is 2.21 bits per heavy atom. The number of carbonyl (C=O) groups is 1. The molecular formula is C15H23N3O. The highest BCUT2D eigenvalue weighted by Gasteiger charge is 2.17. The van der Waals surface area contributed by atoms with Gasteiger partial charge in [-0.25, -0.2) is 0 Å². The van der Waals surface area contributed by atoms with Gasteiger partial charge in [0.25, 0.3) is 5.91 Å². The standard InChI is InChI=1S/C15H23N3O/c1-11-9-12(15(19)16-2)6-7-14(11)17-13-5-4-8-18(3)10-13/h6-7,9,13,17H,4-5,8,10H2,1-3H3,(H,16,19). The highest BCUT2D eigenvalue weighted by atomic mass is 16.1. The molecule has 1 atom stereocenters. The van der Waals surface area contributed by atoms with E-state index in [1.165, 1.54) is 19.4 Å². The molecule has 2 N–H and O–H groups in total. The zero-order valence-corrected chi connectivity index (χ0v) is 12.0. The van der Waals surface area contributed by atoms with Gasteiger partial charge in [-0.15, -0.1) is 0 Å². The van der Waals surface area contributed by atoms with Crippen molar-refractivity contribution in [3.8, 4) is 0 Å². The lowest BCUT2D eigenvalue weighted by atomic mass is 10.0. The number of amides is 1. The third-order valence-electron chi connectivity index (χ3n) is 3.70. The van der Waals surface area contributed by atoms with Gasteiger partial charge in [-0.3, -0.25) is 4.79 Å². The Labute approximate surface area is 115 Å². The van der Waals surface area contributed by atoms with Crippen molar-refractivity contribution in [2.24, 2.45) is 0 Å². The second kappa shape index (κ2) is 6.06. The van der Waals surface area contributed by atoms with E-state index in [1.807, 2.05) is 25.1 Å². The predicted octanol–water partition coefficient (Wildman–Crippen LogP) is 1.86. The zero-order chi connectivity index (χ0) is 13.8. The summed E-state index contributed by atoms with van der Waals surface area (Å²) in [6.45, 7) is 4.31. The van der Waals surface area contributed by atoms with Crippen molar-refractivity contribution in [1.29, 1.82) is 0 Å². The quantitative estimate of drug-likeness (QED) is 0.873. The van der Waals surface area contributed by atoms with Crippen molar-refractivity contribution in [3.05, 3.63) is 29.3 Å². The summed E-state index contributed by atoms with van der Waals surface area (Å²) in [6.07, 6.45) is 2.45. The van der Waals surface area contributed by atoms with E-state index in [9.17, 15) is 4.79 Å². The fraction of sp³-hybridized carbons (Fsp3) is 0.533. The van der Waals surface area contributed by atoms with Crippen LogP contribution in [0.25, 0.3) is 0 Å². The van der Waals surface area contributed by atoms with E-state index in [1.54, 1.807) is 7.05 Å². The van der Waals surface area contributed by atoms with Gasteiger partial charge in [0.1, 0.15) is 0 Å². The summed E-state index contributed by atoms with van der Waals surface area (Å²) in [5, 5.41) is 6.24. The van der Waals surface area contributed by atoms with Gasteiger partial charge in [0, 0.05) is 30.9 Å². The number of likely N-dealkylation sites (N-methyl/N-ethyl adjacent to an activating group) is 1. The Morgan fingerprint density at radius 1 is 1.42 bits per heavy atom. The normalized spacial score (nSPS) is 20.1. The van der Waals surface area contributed by atoms with Crippen LogP contribution in [0, 0.1) is 6.92 Å². The number of nitrogens with zero attached hydrogens (tertiary/aromatic N) is 1. The summed E-state index contributed by atoms with van der Waals surface area (Å²) in [7, 11) is 3.82. The van der Waals surface area contributed by atoms with Crippen molar-refractivity contribution in [1.82, 2.24) is 10.2 Å². The fourth-order valence-electron chi connectivity index (χ4n) is 2.62. The highest BCUT2D eigenvalue weighted by Crippen LogP contribution is 2.20. The molecule has 1 aromatic carbocycles. The smallest absolute Gasteiger partial charge is 0.251 e. The molecule has 1 heterocycles. The van der Waals surface area contributed by atoms with Crippen LogP contribution in [0.4, 0.5) is 5.69 Å². The van der Waals surface area contributed by atoms with Crippen LogP contribution >= 0.6 is 0 Å². The highest BCUT2D eigenvalue weighted by molar-refractivity contribution is 5.94. The second-order valence-corrected chi connectivity index (χ2v) is 5.35. The first-order chi connectivity index (χ1) is 9.10.